The van der Waals surface area contributed by atoms with Crippen molar-refractivity contribution in [3.63, 3.8) is 0 Å². The maximum atomic E-state index is 6.04. The van der Waals surface area contributed by atoms with Gasteiger partial charge < -0.3 is 15.2 Å². The third kappa shape index (κ3) is 3.82. The molecule has 0 aliphatic rings. The van der Waals surface area contributed by atoms with Gasteiger partial charge in [-0.15, -0.1) is 11.8 Å². The molecule has 0 aliphatic carbocycles. The summed E-state index contributed by atoms with van der Waals surface area (Å²) in [4.78, 5) is 1.08. The first-order valence-electron chi connectivity index (χ1n) is 5.49. The van der Waals surface area contributed by atoms with Gasteiger partial charge in [-0.3, -0.25) is 0 Å². The van der Waals surface area contributed by atoms with E-state index < -0.39 is 0 Å². The minimum atomic E-state index is -0.227. The normalized spacial score (nSPS) is 11.4. The van der Waals surface area contributed by atoms with Gasteiger partial charge >= 0.3 is 0 Å². The first-order valence-corrected chi connectivity index (χ1v) is 6.71. The Morgan fingerprint density at radius 1 is 1.24 bits per heavy atom. The average molecular weight is 255 g/mol. The molecule has 0 saturated heterocycles. The van der Waals surface area contributed by atoms with Crippen molar-refractivity contribution < 1.29 is 9.47 Å². The maximum absolute atomic E-state index is 6.04. The van der Waals surface area contributed by atoms with E-state index in [9.17, 15) is 0 Å². The van der Waals surface area contributed by atoms with E-state index in [1.807, 2.05) is 26.2 Å². The topological polar surface area (TPSA) is 44.5 Å². The lowest BCUT2D eigenvalue weighted by molar-refractivity contribution is 0.347. The highest BCUT2D eigenvalue weighted by atomic mass is 32.2. The van der Waals surface area contributed by atoms with Crippen molar-refractivity contribution in [3.05, 3.63) is 17.7 Å². The van der Waals surface area contributed by atoms with Crippen molar-refractivity contribution in [2.75, 3.05) is 20.5 Å². The van der Waals surface area contributed by atoms with Crippen LogP contribution in [0.3, 0.4) is 0 Å². The van der Waals surface area contributed by atoms with E-state index >= 15 is 0 Å². The molecule has 0 unspecified atom stereocenters. The van der Waals surface area contributed by atoms with E-state index in [4.69, 9.17) is 15.2 Å². The predicted molar refractivity (Wildman–Crippen MR) is 73.3 cm³/mol. The van der Waals surface area contributed by atoms with Gasteiger partial charge in [0.15, 0.2) is 11.5 Å². The highest BCUT2D eigenvalue weighted by Gasteiger charge is 2.16. The van der Waals surface area contributed by atoms with E-state index in [0.717, 1.165) is 22.8 Å². The molecule has 17 heavy (non-hydrogen) atoms. The molecule has 96 valence electrons. The summed E-state index contributed by atoms with van der Waals surface area (Å²) in [6.07, 6.45) is 2.83. The van der Waals surface area contributed by atoms with Gasteiger partial charge in [0.05, 0.1) is 19.1 Å². The number of ether oxygens (including phenoxy) is 2. The van der Waals surface area contributed by atoms with Crippen LogP contribution in [0.5, 0.6) is 11.5 Å². The largest absolute Gasteiger partial charge is 0.493 e. The molecular formula is C13H21NO2S. The monoisotopic (exact) mass is 255 g/mol. The molecule has 0 heterocycles. The molecule has 0 fully saturated rings. The van der Waals surface area contributed by atoms with Crippen molar-refractivity contribution in [3.8, 4) is 11.5 Å². The molecule has 0 saturated carbocycles. The molecule has 1 aromatic carbocycles. The molecule has 4 heteroatoms. The Hall–Kier alpha value is -0.870. The van der Waals surface area contributed by atoms with Gasteiger partial charge in [-0.05, 0) is 44.2 Å². The Kier molecular flexibility index (Phi) is 4.71. The molecule has 0 aliphatic heterocycles. The van der Waals surface area contributed by atoms with Crippen molar-refractivity contribution in [1.82, 2.24) is 0 Å². The van der Waals surface area contributed by atoms with Crippen LogP contribution in [-0.2, 0) is 6.42 Å². The smallest absolute Gasteiger partial charge is 0.174 e. The fourth-order valence-electron chi connectivity index (χ4n) is 1.76. The number of methoxy groups -OCH3 is 2. The van der Waals surface area contributed by atoms with Gasteiger partial charge in [-0.1, -0.05) is 0 Å². The quantitative estimate of drug-likeness (QED) is 0.822. The number of rotatable bonds is 5. The van der Waals surface area contributed by atoms with E-state index in [1.165, 1.54) is 5.56 Å². The first kappa shape index (κ1) is 14.2. The molecular weight excluding hydrogens is 234 g/mol. The van der Waals surface area contributed by atoms with Crippen LogP contribution in [0.1, 0.15) is 19.4 Å². The molecule has 0 atom stereocenters. The van der Waals surface area contributed by atoms with Crippen LogP contribution >= 0.6 is 11.8 Å². The zero-order valence-corrected chi connectivity index (χ0v) is 12.0. The van der Waals surface area contributed by atoms with Gasteiger partial charge in [0.2, 0.25) is 0 Å². The molecule has 0 spiro atoms. The van der Waals surface area contributed by atoms with Crippen molar-refractivity contribution in [2.24, 2.45) is 5.73 Å². The summed E-state index contributed by atoms with van der Waals surface area (Å²) in [5.41, 5.74) is 6.98. The zero-order chi connectivity index (χ0) is 13.1. The van der Waals surface area contributed by atoms with E-state index in [1.54, 1.807) is 26.0 Å². The van der Waals surface area contributed by atoms with Crippen LogP contribution in [0.25, 0.3) is 0 Å². The van der Waals surface area contributed by atoms with E-state index in [0.29, 0.717) is 0 Å². The second-order valence-corrected chi connectivity index (χ2v) is 5.55. The Labute approximate surface area is 108 Å². The lowest BCUT2D eigenvalue weighted by Gasteiger charge is -2.20. The van der Waals surface area contributed by atoms with Crippen molar-refractivity contribution in [1.29, 1.82) is 0 Å². The molecule has 2 N–H and O–H groups in total. The highest BCUT2D eigenvalue weighted by molar-refractivity contribution is 7.98. The Balaban J connectivity index is 3.18. The number of thioether (sulfide) groups is 1. The Morgan fingerprint density at radius 2 is 1.88 bits per heavy atom. The summed E-state index contributed by atoms with van der Waals surface area (Å²) in [6, 6.07) is 4.10. The minimum Gasteiger partial charge on any atom is -0.493 e. The van der Waals surface area contributed by atoms with Crippen molar-refractivity contribution in [2.45, 2.75) is 30.7 Å². The maximum Gasteiger partial charge on any atom is 0.174 e. The van der Waals surface area contributed by atoms with Crippen LogP contribution < -0.4 is 15.2 Å². The molecule has 3 nitrogen and oxygen atoms in total. The first-order chi connectivity index (χ1) is 7.91. The second-order valence-electron chi connectivity index (χ2n) is 4.70. The van der Waals surface area contributed by atoms with Crippen LogP contribution in [0.2, 0.25) is 0 Å². The summed E-state index contributed by atoms with van der Waals surface area (Å²) < 4.78 is 10.7. The van der Waals surface area contributed by atoms with Crippen LogP contribution in [0.4, 0.5) is 0 Å². The fraction of sp³-hybridized carbons (Fsp3) is 0.538. The van der Waals surface area contributed by atoms with Crippen LogP contribution in [-0.4, -0.2) is 26.0 Å². The SMILES string of the molecule is COc1cc(CC(C)(C)N)cc(SC)c1OC. The zero-order valence-electron chi connectivity index (χ0n) is 11.2. The number of hydrogen-bond donors (Lipinski definition) is 1. The highest BCUT2D eigenvalue weighted by Crippen LogP contribution is 2.38. The van der Waals surface area contributed by atoms with Crippen LogP contribution in [0.15, 0.2) is 17.0 Å². The number of hydrogen-bond acceptors (Lipinski definition) is 4. The summed E-state index contributed by atoms with van der Waals surface area (Å²) in [7, 11) is 3.31. The van der Waals surface area contributed by atoms with Gasteiger partial charge in [-0.2, -0.15) is 0 Å². The summed E-state index contributed by atoms with van der Waals surface area (Å²) in [5, 5.41) is 0. The molecule has 0 radical (unpaired) electrons. The molecule has 0 amide bonds. The Bertz CT molecular complexity index is 360. The fourth-order valence-corrected chi connectivity index (χ4v) is 2.40. The lowest BCUT2D eigenvalue weighted by Crippen LogP contribution is -2.34. The standard InChI is InChI=1S/C13H21NO2S/c1-13(2,14)8-9-6-10(15-3)12(16-4)11(7-9)17-5/h6-7H,8,14H2,1-5H3. The van der Waals surface area contributed by atoms with Gasteiger partial charge in [0, 0.05) is 5.54 Å². The van der Waals surface area contributed by atoms with Gasteiger partial charge in [0.1, 0.15) is 0 Å². The average Bonchev–Trinajstić information content (AvgIpc) is 2.25. The Morgan fingerprint density at radius 3 is 2.29 bits per heavy atom. The van der Waals surface area contributed by atoms with Crippen molar-refractivity contribution >= 4 is 11.8 Å². The van der Waals surface area contributed by atoms with E-state index in [-0.39, 0.29) is 5.54 Å². The molecule has 1 aromatic rings. The van der Waals surface area contributed by atoms with Gasteiger partial charge in [-0.25, -0.2) is 0 Å². The third-order valence-electron chi connectivity index (χ3n) is 2.38. The van der Waals surface area contributed by atoms with Gasteiger partial charge in [0.25, 0.3) is 0 Å². The second kappa shape index (κ2) is 5.65. The van der Waals surface area contributed by atoms with Crippen LogP contribution in [0, 0.1) is 0 Å². The number of benzene rings is 1. The van der Waals surface area contributed by atoms with E-state index in [2.05, 4.69) is 6.07 Å². The predicted octanol–water partition coefficient (Wildman–Crippen LogP) is 2.71. The summed E-state index contributed by atoms with van der Waals surface area (Å²) in [5.74, 6) is 1.55. The summed E-state index contributed by atoms with van der Waals surface area (Å²) in [6.45, 7) is 4.03. The summed E-state index contributed by atoms with van der Waals surface area (Å²) >= 11 is 1.64. The third-order valence-corrected chi connectivity index (χ3v) is 3.13. The molecule has 0 bridgehead atoms. The molecule has 0 aromatic heterocycles. The lowest BCUT2D eigenvalue weighted by atomic mass is 9.96. The number of nitrogens with two attached hydrogens (primary N) is 1. The minimum absolute atomic E-state index is 0.227. The molecule has 1 rings (SSSR count).